The summed E-state index contributed by atoms with van der Waals surface area (Å²) in [6.45, 7) is 7.93. The third-order valence-electron chi connectivity index (χ3n) is 5.15. The van der Waals surface area contributed by atoms with Crippen LogP contribution in [-0.2, 0) is 17.6 Å². The predicted octanol–water partition coefficient (Wildman–Crippen LogP) is 4.90. The highest BCUT2D eigenvalue weighted by molar-refractivity contribution is 7.91. The van der Waals surface area contributed by atoms with E-state index in [2.05, 4.69) is 18.9 Å². The Morgan fingerprint density at radius 3 is 2.74 bits per heavy atom. The molecule has 0 amide bonds. The van der Waals surface area contributed by atoms with Crippen molar-refractivity contribution in [3.63, 3.8) is 0 Å². The molecule has 166 valence electrons. The van der Waals surface area contributed by atoms with Crippen LogP contribution in [0, 0.1) is 0 Å². The number of pyridine rings is 1. The summed E-state index contributed by atoms with van der Waals surface area (Å²) in [5.74, 6) is 1.04. The molecule has 1 N–H and O–H groups in total. The molecule has 3 aromatic rings. The van der Waals surface area contributed by atoms with Gasteiger partial charge in [0.05, 0.1) is 12.2 Å². The Morgan fingerprint density at radius 2 is 2.06 bits per heavy atom. The zero-order valence-electron chi connectivity index (χ0n) is 18.6. The second kappa shape index (κ2) is 10.2. The Balaban J connectivity index is 1.69. The van der Waals surface area contributed by atoms with Gasteiger partial charge in [-0.2, -0.15) is 5.10 Å². The monoisotopic (exact) mass is 442 g/mol. The molecule has 1 aromatic carbocycles. The Labute approximate surface area is 186 Å². The Hall–Kier alpha value is -2.51. The molecule has 0 aliphatic rings. The number of benzene rings is 1. The second-order valence-corrected chi connectivity index (χ2v) is 9.40. The minimum atomic E-state index is -1.20. The molecule has 3 rings (SSSR count). The van der Waals surface area contributed by atoms with Crippen molar-refractivity contribution >= 4 is 22.5 Å². The number of fused-ring (bicyclic) bond motifs is 1. The van der Waals surface area contributed by atoms with Gasteiger partial charge in [-0.15, -0.1) is 0 Å². The summed E-state index contributed by atoms with van der Waals surface area (Å²) < 4.78 is 20.8. The third-order valence-corrected chi connectivity index (χ3v) is 6.68. The summed E-state index contributed by atoms with van der Waals surface area (Å²) in [5, 5.41) is 15.1. The maximum absolute atomic E-state index is 13.1. The number of hydrogen-bond acceptors (Lipinski definition) is 5. The maximum Gasteiger partial charge on any atom is 0.201 e. The standard InChI is InChI=1S/C24H30N2O4S/c1-5-9-19-21(12-11-18(17(4)27)23(19)28)30-14-8-15-31(29)24-20-10-6-7-13-26(20)25-22(24)16(2)3/h6-7,10-13,16,28H,5,8-9,14-15H2,1-4H3. The first-order valence-electron chi connectivity index (χ1n) is 10.7. The molecule has 0 radical (unpaired) electrons. The molecular formula is C24H30N2O4S. The molecule has 1 unspecified atom stereocenters. The van der Waals surface area contributed by atoms with E-state index in [0.717, 1.165) is 22.5 Å². The summed E-state index contributed by atoms with van der Waals surface area (Å²) >= 11 is -1.20. The van der Waals surface area contributed by atoms with Crippen LogP contribution in [0.3, 0.4) is 0 Å². The zero-order valence-corrected chi connectivity index (χ0v) is 19.4. The predicted molar refractivity (Wildman–Crippen MR) is 123 cm³/mol. The molecule has 1 atom stereocenters. The number of aromatic hydroxyl groups is 1. The second-order valence-electron chi connectivity index (χ2n) is 7.90. The fraction of sp³-hybridized carbons (Fsp3) is 0.417. The Kier molecular flexibility index (Phi) is 7.62. The SMILES string of the molecule is CCCc1c(OCCC[S+]([O-])c2c(C(C)C)nn3ccccc23)ccc(C(C)=O)c1O. The maximum atomic E-state index is 13.1. The normalized spacial score (nSPS) is 12.5. The first-order chi connectivity index (χ1) is 14.8. The highest BCUT2D eigenvalue weighted by atomic mass is 32.2. The van der Waals surface area contributed by atoms with Gasteiger partial charge in [-0.05, 0) is 48.8 Å². The highest BCUT2D eigenvalue weighted by Gasteiger charge is 2.25. The van der Waals surface area contributed by atoms with Crippen LogP contribution < -0.4 is 4.74 Å². The van der Waals surface area contributed by atoms with Crippen LogP contribution in [0.5, 0.6) is 11.5 Å². The zero-order chi connectivity index (χ0) is 22.5. The first-order valence-corrected chi connectivity index (χ1v) is 12.0. The summed E-state index contributed by atoms with van der Waals surface area (Å²) in [4.78, 5) is 12.5. The fourth-order valence-electron chi connectivity index (χ4n) is 3.61. The van der Waals surface area contributed by atoms with Gasteiger partial charge >= 0.3 is 0 Å². The van der Waals surface area contributed by atoms with Crippen molar-refractivity contribution in [1.82, 2.24) is 9.61 Å². The lowest BCUT2D eigenvalue weighted by atomic mass is 10.0. The fourth-order valence-corrected chi connectivity index (χ4v) is 5.10. The lowest BCUT2D eigenvalue weighted by Gasteiger charge is -2.15. The minimum Gasteiger partial charge on any atom is -0.611 e. The number of phenols is 1. The van der Waals surface area contributed by atoms with Gasteiger partial charge in [0.25, 0.3) is 0 Å². The van der Waals surface area contributed by atoms with Gasteiger partial charge < -0.3 is 14.4 Å². The molecular weight excluding hydrogens is 412 g/mol. The smallest absolute Gasteiger partial charge is 0.201 e. The molecule has 0 aliphatic carbocycles. The molecule has 0 fully saturated rings. The number of phenolic OH excluding ortho intramolecular Hbond substituents is 1. The van der Waals surface area contributed by atoms with E-state index in [4.69, 9.17) is 4.74 Å². The van der Waals surface area contributed by atoms with Crippen LogP contribution in [0.2, 0.25) is 0 Å². The van der Waals surface area contributed by atoms with Crippen LogP contribution in [-0.4, -0.2) is 37.4 Å². The molecule has 0 aliphatic heterocycles. The van der Waals surface area contributed by atoms with E-state index in [0.29, 0.717) is 42.1 Å². The molecule has 0 saturated heterocycles. The molecule has 31 heavy (non-hydrogen) atoms. The summed E-state index contributed by atoms with van der Waals surface area (Å²) in [5.41, 5.74) is 2.70. The van der Waals surface area contributed by atoms with Gasteiger partial charge in [-0.25, -0.2) is 4.52 Å². The molecule has 0 spiro atoms. The van der Waals surface area contributed by atoms with E-state index in [-0.39, 0.29) is 17.5 Å². The van der Waals surface area contributed by atoms with Gasteiger partial charge in [-0.1, -0.05) is 33.3 Å². The Morgan fingerprint density at radius 1 is 1.29 bits per heavy atom. The van der Waals surface area contributed by atoms with Gasteiger partial charge in [0.2, 0.25) is 4.90 Å². The van der Waals surface area contributed by atoms with Gasteiger partial charge in [0.15, 0.2) is 5.78 Å². The van der Waals surface area contributed by atoms with Crippen molar-refractivity contribution < 1.29 is 19.2 Å². The lowest BCUT2D eigenvalue weighted by Crippen LogP contribution is -2.13. The molecule has 2 heterocycles. The number of ether oxygens (including phenoxy) is 1. The number of carbonyl (C=O) groups is 1. The number of carbonyl (C=O) groups excluding carboxylic acids is 1. The molecule has 0 bridgehead atoms. The average Bonchev–Trinajstić information content (AvgIpc) is 3.13. The molecule has 7 heteroatoms. The van der Waals surface area contributed by atoms with Gasteiger partial charge in [-0.3, -0.25) is 4.79 Å². The lowest BCUT2D eigenvalue weighted by molar-refractivity contribution is 0.101. The van der Waals surface area contributed by atoms with Crippen molar-refractivity contribution in [3.05, 3.63) is 53.3 Å². The van der Waals surface area contributed by atoms with Crippen molar-refractivity contribution in [1.29, 1.82) is 0 Å². The van der Waals surface area contributed by atoms with E-state index >= 15 is 0 Å². The third kappa shape index (κ3) is 5.05. The Bertz CT molecular complexity index is 1060. The number of aromatic nitrogens is 2. The number of hydrogen-bond donors (Lipinski definition) is 1. The van der Waals surface area contributed by atoms with Crippen LogP contribution in [0.25, 0.3) is 5.52 Å². The van der Waals surface area contributed by atoms with Crippen LogP contribution in [0.1, 0.15) is 68.1 Å². The van der Waals surface area contributed by atoms with Crippen molar-refractivity contribution in [2.45, 2.75) is 57.8 Å². The van der Waals surface area contributed by atoms with E-state index in [9.17, 15) is 14.5 Å². The van der Waals surface area contributed by atoms with Crippen LogP contribution in [0.4, 0.5) is 0 Å². The number of nitrogens with zero attached hydrogens (tertiary/aromatic N) is 2. The molecule has 6 nitrogen and oxygen atoms in total. The topological polar surface area (TPSA) is 86.9 Å². The summed E-state index contributed by atoms with van der Waals surface area (Å²) in [6, 6.07) is 9.11. The van der Waals surface area contributed by atoms with Crippen molar-refractivity contribution in [2.24, 2.45) is 0 Å². The van der Waals surface area contributed by atoms with Crippen LogP contribution in [0.15, 0.2) is 41.4 Å². The van der Waals surface area contributed by atoms with E-state index in [1.165, 1.54) is 6.92 Å². The van der Waals surface area contributed by atoms with Crippen molar-refractivity contribution in [3.8, 4) is 11.5 Å². The first kappa shape index (κ1) is 23.2. The molecule has 0 saturated carbocycles. The van der Waals surface area contributed by atoms with Gasteiger partial charge in [0, 0.05) is 24.1 Å². The van der Waals surface area contributed by atoms with E-state index < -0.39 is 11.2 Å². The number of ketones is 1. The summed E-state index contributed by atoms with van der Waals surface area (Å²) in [6.07, 6.45) is 3.91. The average molecular weight is 443 g/mol. The van der Waals surface area contributed by atoms with Crippen LogP contribution >= 0.6 is 0 Å². The summed E-state index contributed by atoms with van der Waals surface area (Å²) in [7, 11) is 0. The van der Waals surface area contributed by atoms with E-state index in [1.807, 2.05) is 31.3 Å². The molecule has 2 aromatic heterocycles. The van der Waals surface area contributed by atoms with E-state index in [1.54, 1.807) is 16.6 Å². The van der Waals surface area contributed by atoms with Crippen molar-refractivity contribution in [2.75, 3.05) is 12.4 Å². The number of rotatable bonds is 10. The largest absolute Gasteiger partial charge is 0.611 e. The minimum absolute atomic E-state index is 0.00311. The number of Topliss-reactive ketones (excluding diaryl/α,β-unsaturated/α-hetero) is 1. The highest BCUT2D eigenvalue weighted by Crippen LogP contribution is 2.33. The quantitative estimate of drug-likeness (QED) is 0.274. The van der Waals surface area contributed by atoms with Gasteiger partial charge in [0.1, 0.15) is 28.5 Å².